The van der Waals surface area contributed by atoms with Crippen LogP contribution in [0.25, 0.3) is 0 Å². The number of nitrogens with one attached hydrogen (secondary N) is 1. The predicted molar refractivity (Wildman–Crippen MR) is 70.7 cm³/mol. The summed E-state index contributed by atoms with van der Waals surface area (Å²) in [4.78, 5) is 4.27. The third-order valence-electron chi connectivity index (χ3n) is 4.18. The van der Waals surface area contributed by atoms with Crippen LogP contribution >= 0.6 is 0 Å². The Morgan fingerprint density at radius 2 is 2.11 bits per heavy atom. The Morgan fingerprint density at radius 3 is 2.83 bits per heavy atom. The number of rotatable bonds is 5. The zero-order valence-corrected chi connectivity index (χ0v) is 11.0. The van der Waals surface area contributed by atoms with Crippen molar-refractivity contribution >= 4 is 0 Å². The average Bonchev–Trinajstić information content (AvgIpc) is 2.77. The normalized spacial score (nSPS) is 22.0. The standard InChI is InChI=1S/C14H23N3O/c1-2-4-13(5-3-1)18-7-6-17-11-16-10-14(17)12-8-15-9-12/h10-13,15H,1-9H2. The maximum absolute atomic E-state index is 5.98. The summed E-state index contributed by atoms with van der Waals surface area (Å²) in [6.07, 6.45) is 11.0. The highest BCUT2D eigenvalue weighted by Crippen LogP contribution is 2.21. The van der Waals surface area contributed by atoms with Gasteiger partial charge in [-0.3, -0.25) is 0 Å². The first-order valence-electron chi connectivity index (χ1n) is 7.26. The number of hydrogen-bond acceptors (Lipinski definition) is 3. The minimum atomic E-state index is 0.510. The van der Waals surface area contributed by atoms with Crippen molar-refractivity contribution in [3.8, 4) is 0 Å². The number of imidazole rings is 1. The van der Waals surface area contributed by atoms with E-state index in [0.717, 1.165) is 26.2 Å². The Balaban J connectivity index is 1.46. The summed E-state index contributed by atoms with van der Waals surface area (Å²) < 4.78 is 8.24. The van der Waals surface area contributed by atoms with Gasteiger partial charge in [0.1, 0.15) is 0 Å². The first-order chi connectivity index (χ1) is 8.93. The highest BCUT2D eigenvalue weighted by atomic mass is 16.5. The third-order valence-corrected chi connectivity index (χ3v) is 4.18. The highest BCUT2D eigenvalue weighted by Gasteiger charge is 2.22. The van der Waals surface area contributed by atoms with E-state index < -0.39 is 0 Å². The molecule has 0 atom stereocenters. The van der Waals surface area contributed by atoms with Crippen LogP contribution in [0.1, 0.15) is 43.7 Å². The molecule has 100 valence electrons. The molecular weight excluding hydrogens is 226 g/mol. The number of hydrogen-bond donors (Lipinski definition) is 1. The van der Waals surface area contributed by atoms with Crippen LogP contribution in [0.4, 0.5) is 0 Å². The Bertz CT molecular complexity index is 367. The van der Waals surface area contributed by atoms with Crippen LogP contribution in [0.2, 0.25) is 0 Å². The quantitative estimate of drug-likeness (QED) is 0.866. The molecule has 1 N–H and O–H groups in total. The van der Waals surface area contributed by atoms with E-state index in [1.807, 2.05) is 12.5 Å². The van der Waals surface area contributed by atoms with E-state index in [9.17, 15) is 0 Å². The van der Waals surface area contributed by atoms with Gasteiger partial charge in [-0.2, -0.15) is 0 Å². The van der Waals surface area contributed by atoms with Gasteiger partial charge >= 0.3 is 0 Å². The molecule has 4 heteroatoms. The van der Waals surface area contributed by atoms with Crippen LogP contribution in [-0.2, 0) is 11.3 Å². The molecule has 1 aromatic rings. The molecule has 1 aromatic heterocycles. The molecule has 2 aliphatic rings. The monoisotopic (exact) mass is 249 g/mol. The summed E-state index contributed by atoms with van der Waals surface area (Å²) in [5, 5.41) is 3.31. The van der Waals surface area contributed by atoms with Crippen LogP contribution in [-0.4, -0.2) is 35.4 Å². The van der Waals surface area contributed by atoms with E-state index in [-0.39, 0.29) is 0 Å². The van der Waals surface area contributed by atoms with E-state index in [1.54, 1.807) is 0 Å². The van der Waals surface area contributed by atoms with Crippen LogP contribution in [0.3, 0.4) is 0 Å². The molecule has 1 saturated heterocycles. The minimum absolute atomic E-state index is 0.510. The van der Waals surface area contributed by atoms with Gasteiger partial charge in [0.15, 0.2) is 0 Å². The summed E-state index contributed by atoms with van der Waals surface area (Å²) in [6, 6.07) is 0. The van der Waals surface area contributed by atoms with Gasteiger partial charge in [-0.25, -0.2) is 4.98 Å². The van der Waals surface area contributed by atoms with Gasteiger partial charge in [0.05, 0.1) is 19.0 Å². The molecule has 0 aromatic carbocycles. The molecule has 0 bridgehead atoms. The van der Waals surface area contributed by atoms with Gasteiger partial charge in [0, 0.05) is 37.4 Å². The Kier molecular flexibility index (Phi) is 3.96. The van der Waals surface area contributed by atoms with Crippen LogP contribution in [0, 0.1) is 0 Å². The fraction of sp³-hybridized carbons (Fsp3) is 0.786. The van der Waals surface area contributed by atoms with Gasteiger partial charge in [0.2, 0.25) is 0 Å². The number of nitrogens with zero attached hydrogens (tertiary/aromatic N) is 2. The molecule has 0 amide bonds. The zero-order valence-electron chi connectivity index (χ0n) is 11.0. The lowest BCUT2D eigenvalue weighted by Gasteiger charge is -2.28. The highest BCUT2D eigenvalue weighted by molar-refractivity contribution is 5.11. The van der Waals surface area contributed by atoms with E-state index in [0.29, 0.717) is 12.0 Å². The number of ether oxygens (including phenoxy) is 1. The molecule has 0 radical (unpaired) electrons. The molecule has 2 fully saturated rings. The van der Waals surface area contributed by atoms with E-state index >= 15 is 0 Å². The first-order valence-corrected chi connectivity index (χ1v) is 7.26. The van der Waals surface area contributed by atoms with E-state index in [4.69, 9.17) is 4.74 Å². The van der Waals surface area contributed by atoms with Crippen molar-refractivity contribution in [2.75, 3.05) is 19.7 Å². The molecule has 1 saturated carbocycles. The molecule has 18 heavy (non-hydrogen) atoms. The molecule has 4 nitrogen and oxygen atoms in total. The summed E-state index contributed by atoms with van der Waals surface area (Å²) in [5.74, 6) is 0.655. The topological polar surface area (TPSA) is 39.1 Å². The summed E-state index contributed by atoms with van der Waals surface area (Å²) in [7, 11) is 0. The molecule has 1 aliphatic carbocycles. The van der Waals surface area contributed by atoms with Gasteiger partial charge in [-0.1, -0.05) is 19.3 Å². The second-order valence-corrected chi connectivity index (χ2v) is 5.50. The maximum Gasteiger partial charge on any atom is 0.0949 e. The van der Waals surface area contributed by atoms with Gasteiger partial charge in [-0.15, -0.1) is 0 Å². The Morgan fingerprint density at radius 1 is 1.28 bits per heavy atom. The maximum atomic E-state index is 5.98. The SMILES string of the molecule is c1ncn(CCOC2CCCCC2)c1C1CNC1. The van der Waals surface area contributed by atoms with Gasteiger partial charge < -0.3 is 14.6 Å². The zero-order chi connectivity index (χ0) is 12.2. The lowest BCUT2D eigenvalue weighted by atomic mass is 9.98. The van der Waals surface area contributed by atoms with Crippen molar-refractivity contribution < 1.29 is 4.74 Å². The van der Waals surface area contributed by atoms with E-state index in [1.165, 1.54) is 37.8 Å². The molecule has 1 aliphatic heterocycles. The van der Waals surface area contributed by atoms with Gasteiger partial charge in [-0.05, 0) is 12.8 Å². The summed E-state index contributed by atoms with van der Waals surface area (Å²) in [5.41, 5.74) is 1.36. The minimum Gasteiger partial charge on any atom is -0.376 e. The molecular formula is C14H23N3O. The Labute approximate surface area is 109 Å². The molecule has 0 spiro atoms. The molecule has 2 heterocycles. The first kappa shape index (κ1) is 12.2. The summed E-state index contributed by atoms with van der Waals surface area (Å²) in [6.45, 7) is 3.96. The second kappa shape index (κ2) is 5.85. The average molecular weight is 249 g/mol. The molecule has 0 unspecified atom stereocenters. The van der Waals surface area contributed by atoms with Crippen molar-refractivity contribution in [1.29, 1.82) is 0 Å². The fourth-order valence-electron chi connectivity index (χ4n) is 2.91. The largest absolute Gasteiger partial charge is 0.376 e. The lowest BCUT2D eigenvalue weighted by molar-refractivity contribution is 0.0236. The van der Waals surface area contributed by atoms with Crippen molar-refractivity contribution in [3.05, 3.63) is 18.2 Å². The second-order valence-electron chi connectivity index (χ2n) is 5.50. The lowest BCUT2D eigenvalue weighted by Crippen LogP contribution is -2.41. The van der Waals surface area contributed by atoms with Crippen LogP contribution in [0.15, 0.2) is 12.5 Å². The predicted octanol–water partition coefficient (Wildman–Crippen LogP) is 1.92. The van der Waals surface area contributed by atoms with Crippen LogP contribution < -0.4 is 5.32 Å². The third kappa shape index (κ3) is 2.75. The summed E-state index contributed by atoms with van der Waals surface area (Å²) >= 11 is 0. The van der Waals surface area contributed by atoms with Crippen molar-refractivity contribution in [3.63, 3.8) is 0 Å². The van der Waals surface area contributed by atoms with Gasteiger partial charge in [0.25, 0.3) is 0 Å². The smallest absolute Gasteiger partial charge is 0.0949 e. The van der Waals surface area contributed by atoms with Crippen molar-refractivity contribution in [2.45, 2.75) is 50.7 Å². The number of aromatic nitrogens is 2. The van der Waals surface area contributed by atoms with E-state index in [2.05, 4.69) is 14.9 Å². The molecule has 3 rings (SSSR count). The fourth-order valence-corrected chi connectivity index (χ4v) is 2.91. The Hall–Kier alpha value is -0.870. The van der Waals surface area contributed by atoms with Crippen molar-refractivity contribution in [1.82, 2.24) is 14.9 Å². The van der Waals surface area contributed by atoms with Crippen molar-refractivity contribution in [2.24, 2.45) is 0 Å². The van der Waals surface area contributed by atoms with Crippen LogP contribution in [0.5, 0.6) is 0 Å².